The molecule has 2 atom stereocenters. The van der Waals surface area contributed by atoms with Crippen LogP contribution in [0, 0.1) is 0 Å². The number of methoxy groups -OCH3 is 1. The van der Waals surface area contributed by atoms with Gasteiger partial charge in [-0.15, -0.1) is 34.7 Å². The van der Waals surface area contributed by atoms with Crippen LogP contribution in [-0.4, -0.2) is 77.1 Å². The Morgan fingerprint density at radius 1 is 1.29 bits per heavy atom. The van der Waals surface area contributed by atoms with Crippen LogP contribution in [0.2, 0.25) is 0 Å². The first-order valence-corrected chi connectivity index (χ1v) is 13.5. The number of hydrogen-bond acceptors (Lipinski definition) is 11. The van der Waals surface area contributed by atoms with Gasteiger partial charge in [0.15, 0.2) is 10.8 Å². The highest BCUT2D eigenvalue weighted by Crippen LogP contribution is 2.41. The predicted octanol–water partition coefficient (Wildman–Crippen LogP) is 1.71. The van der Waals surface area contributed by atoms with Crippen molar-refractivity contribution < 1.29 is 33.5 Å². The lowest BCUT2D eigenvalue weighted by molar-refractivity contribution is -0.153. The van der Waals surface area contributed by atoms with E-state index in [1.165, 1.54) is 29.2 Å². The van der Waals surface area contributed by atoms with Gasteiger partial charge in [0.05, 0.1) is 7.11 Å². The molecule has 0 spiro atoms. The fourth-order valence-electron chi connectivity index (χ4n) is 3.72. The van der Waals surface area contributed by atoms with E-state index < -0.39 is 29.2 Å². The second-order valence-corrected chi connectivity index (χ2v) is 10.0. The predicted molar refractivity (Wildman–Crippen MR) is 141 cm³/mol. The molecule has 15 heteroatoms. The zero-order valence-corrected chi connectivity index (χ0v) is 22.5. The molecule has 2 aliphatic rings. The van der Waals surface area contributed by atoms with E-state index in [0.717, 1.165) is 16.9 Å². The number of amides is 3. The summed E-state index contributed by atoms with van der Waals surface area (Å²) in [7, 11) is 2.82. The van der Waals surface area contributed by atoms with Gasteiger partial charge in [-0.3, -0.25) is 19.3 Å². The largest absolute Gasteiger partial charge is 0.497 e. The number of esters is 1. The lowest BCUT2D eigenvalue weighted by Crippen LogP contribution is -2.71. The highest BCUT2D eigenvalue weighted by molar-refractivity contribution is 8.00. The summed E-state index contributed by atoms with van der Waals surface area (Å²) >= 11 is 8.53. The number of rotatable bonds is 11. The fraction of sp³-hybridized carbons (Fsp3) is 0.304. The van der Waals surface area contributed by atoms with Gasteiger partial charge in [0.1, 0.15) is 42.3 Å². The van der Waals surface area contributed by atoms with Gasteiger partial charge >= 0.3 is 5.97 Å². The molecule has 0 radical (unpaired) electrons. The van der Waals surface area contributed by atoms with Crippen molar-refractivity contribution in [1.29, 1.82) is 0 Å². The minimum absolute atomic E-state index is 0.00662. The lowest BCUT2D eigenvalue weighted by atomic mass is 10.0. The average molecular weight is 580 g/mol. The van der Waals surface area contributed by atoms with E-state index in [4.69, 9.17) is 25.9 Å². The van der Waals surface area contributed by atoms with Crippen LogP contribution in [0.1, 0.15) is 11.3 Å². The molecule has 1 aromatic carbocycles. The number of halogens is 1. The van der Waals surface area contributed by atoms with Gasteiger partial charge in [-0.05, 0) is 23.3 Å². The summed E-state index contributed by atoms with van der Waals surface area (Å²) in [5.41, 5.74) is 1.37. The number of anilines is 1. The minimum Gasteiger partial charge on any atom is -0.497 e. The highest BCUT2D eigenvalue weighted by atomic mass is 35.5. The molecular weight excluding hydrogens is 558 g/mol. The molecule has 1 aromatic heterocycles. The number of fused-ring (bicyclic) bond motifs is 1. The van der Waals surface area contributed by atoms with E-state index in [0.29, 0.717) is 23.5 Å². The van der Waals surface area contributed by atoms with Crippen molar-refractivity contribution in [3.63, 3.8) is 0 Å². The molecule has 2 aliphatic heterocycles. The molecule has 0 aliphatic carbocycles. The average Bonchev–Trinajstić information content (AvgIpc) is 3.40. The molecule has 0 bridgehead atoms. The molecule has 1 saturated heterocycles. The summed E-state index contributed by atoms with van der Waals surface area (Å²) < 4.78 is 10.6. The number of benzene rings is 1. The van der Waals surface area contributed by atoms with Gasteiger partial charge in [-0.2, -0.15) is 0 Å². The van der Waals surface area contributed by atoms with Crippen LogP contribution in [0.4, 0.5) is 5.13 Å². The highest BCUT2D eigenvalue weighted by Gasteiger charge is 2.54. The van der Waals surface area contributed by atoms with Gasteiger partial charge in [0.2, 0.25) is 6.41 Å². The maximum absolute atomic E-state index is 13.1. The number of carbonyl (C=O) groups is 4. The zero-order chi connectivity index (χ0) is 27.2. The normalized spacial score (nSPS) is 18.8. The van der Waals surface area contributed by atoms with Gasteiger partial charge in [-0.1, -0.05) is 17.3 Å². The van der Waals surface area contributed by atoms with Crippen molar-refractivity contribution in [2.24, 2.45) is 5.16 Å². The molecule has 2 aromatic rings. The third-order valence-corrected chi connectivity index (χ3v) is 7.98. The van der Waals surface area contributed by atoms with E-state index in [2.05, 4.69) is 20.8 Å². The topological polar surface area (TPSA) is 149 Å². The first-order chi connectivity index (χ1) is 18.4. The maximum Gasteiger partial charge on any atom is 0.355 e. The summed E-state index contributed by atoms with van der Waals surface area (Å²) in [4.78, 5) is 60.0. The number of ether oxygens (including phenoxy) is 2. The van der Waals surface area contributed by atoms with E-state index in [9.17, 15) is 19.2 Å². The maximum atomic E-state index is 13.1. The van der Waals surface area contributed by atoms with E-state index in [-0.39, 0.29) is 34.7 Å². The van der Waals surface area contributed by atoms with Crippen LogP contribution in [-0.2, 0) is 35.4 Å². The second kappa shape index (κ2) is 12.3. The smallest absolute Gasteiger partial charge is 0.355 e. The van der Waals surface area contributed by atoms with Crippen LogP contribution < -0.4 is 15.4 Å². The number of oxime groups is 1. The molecule has 38 heavy (non-hydrogen) atoms. The summed E-state index contributed by atoms with van der Waals surface area (Å²) in [5.74, 6) is -0.788. The van der Waals surface area contributed by atoms with Crippen molar-refractivity contribution >= 4 is 69.7 Å². The van der Waals surface area contributed by atoms with Crippen LogP contribution >= 0.6 is 34.7 Å². The van der Waals surface area contributed by atoms with Crippen LogP contribution in [0.5, 0.6) is 5.75 Å². The number of thioether (sulfide) groups is 1. The molecule has 4 rings (SSSR count). The Balaban J connectivity index is 1.45. The van der Waals surface area contributed by atoms with Crippen LogP contribution in [0.3, 0.4) is 0 Å². The number of thiazole rings is 1. The van der Waals surface area contributed by atoms with Gasteiger partial charge < -0.3 is 24.9 Å². The Kier molecular flexibility index (Phi) is 8.86. The first-order valence-electron chi connectivity index (χ1n) is 11.0. The minimum atomic E-state index is -0.929. The van der Waals surface area contributed by atoms with Crippen molar-refractivity contribution in [3.05, 3.63) is 52.2 Å². The monoisotopic (exact) mass is 579 g/mol. The second-order valence-electron chi connectivity index (χ2n) is 7.79. The van der Waals surface area contributed by atoms with Crippen molar-refractivity contribution in [3.8, 4) is 5.75 Å². The number of nitrogens with zero attached hydrogens (tertiary/aromatic N) is 3. The van der Waals surface area contributed by atoms with Crippen LogP contribution in [0.25, 0.3) is 0 Å². The summed E-state index contributed by atoms with van der Waals surface area (Å²) in [6.07, 6.45) is 0.458. The Morgan fingerprint density at radius 2 is 2.05 bits per heavy atom. The molecule has 12 nitrogen and oxygen atoms in total. The molecule has 3 heterocycles. The van der Waals surface area contributed by atoms with E-state index in [1.807, 2.05) is 0 Å². The number of aromatic nitrogens is 1. The number of carbonyl (C=O) groups excluding carboxylic acids is 4. The quantitative estimate of drug-likeness (QED) is 0.101. The molecule has 1 fully saturated rings. The molecule has 200 valence electrons. The summed E-state index contributed by atoms with van der Waals surface area (Å²) in [6, 6.07) is 6.10. The number of hydrogen-bond donors (Lipinski definition) is 2. The lowest BCUT2D eigenvalue weighted by Gasteiger charge is -2.49. The Morgan fingerprint density at radius 3 is 2.71 bits per heavy atom. The van der Waals surface area contributed by atoms with Gasteiger partial charge in [-0.25, -0.2) is 9.78 Å². The number of β-lactam (4-membered cyclic amide) rings is 1. The van der Waals surface area contributed by atoms with Crippen molar-refractivity contribution in [1.82, 2.24) is 15.2 Å². The number of nitrogens with one attached hydrogen (secondary N) is 2. The van der Waals surface area contributed by atoms with Gasteiger partial charge in [0, 0.05) is 17.0 Å². The Bertz CT molecular complexity index is 1300. The molecule has 3 amide bonds. The standard InChI is InChI=1S/C23H22ClN5O7S2/c1-34-14-5-3-12(4-6-14)8-36-22(33)18-13(7-24)9-37-21-17(20(32)29(18)21)27-19(31)16(28-35-2)15-10-38-23(26-15)25-11-30/h3-6,10-11,17,21H,7-9H2,1-2H3,(H,27,31)(H,25,26,30)/b28-16-. The van der Waals surface area contributed by atoms with Crippen molar-refractivity contribution in [2.75, 3.05) is 31.2 Å². The van der Waals surface area contributed by atoms with E-state index in [1.54, 1.807) is 31.4 Å². The third kappa shape index (κ3) is 5.61. The third-order valence-electron chi connectivity index (χ3n) is 5.54. The SMILES string of the molecule is CO/N=C(\C(=O)NC1C(=O)N2C(C(=O)OCc3ccc(OC)cc3)=C(CCl)CSC12)c1csc(NC=O)n1. The van der Waals surface area contributed by atoms with Crippen molar-refractivity contribution in [2.45, 2.75) is 18.0 Å². The zero-order valence-electron chi connectivity index (χ0n) is 20.1. The molecule has 2 unspecified atom stereocenters. The van der Waals surface area contributed by atoms with Crippen LogP contribution in [0.15, 0.2) is 46.1 Å². The molecular formula is C23H22ClN5O7S2. The Hall–Kier alpha value is -3.62. The molecule has 2 N–H and O–H groups in total. The number of alkyl halides is 1. The fourth-order valence-corrected chi connectivity index (χ4v) is 6.05. The summed E-state index contributed by atoms with van der Waals surface area (Å²) in [6.45, 7) is -0.00662. The van der Waals surface area contributed by atoms with Gasteiger partial charge in [0.25, 0.3) is 11.8 Å². The summed E-state index contributed by atoms with van der Waals surface area (Å²) in [5, 5.41) is 10.00. The Labute approximate surface area is 230 Å². The molecule has 0 saturated carbocycles. The first kappa shape index (κ1) is 27.4. The van der Waals surface area contributed by atoms with E-state index >= 15 is 0 Å².